The van der Waals surface area contributed by atoms with Gasteiger partial charge in [0.1, 0.15) is 0 Å². The number of aliphatic hydroxyl groups excluding tert-OH is 1. The summed E-state index contributed by atoms with van der Waals surface area (Å²) < 4.78 is 0. The average Bonchev–Trinajstić information content (AvgIpc) is 2.73. The van der Waals surface area contributed by atoms with Crippen LogP contribution < -0.4 is 0 Å². The van der Waals surface area contributed by atoms with E-state index in [4.69, 9.17) is 0 Å². The molecule has 0 spiro atoms. The molecule has 4 rings (SSSR count). The molecule has 0 saturated heterocycles. The normalized spacial score (nSPS) is 12.1. The summed E-state index contributed by atoms with van der Waals surface area (Å²) in [5.41, 5.74) is 2.88. The molecular weight excluding hydrogens is 350 g/mol. The molecule has 1 heterocycles. The van der Waals surface area contributed by atoms with E-state index >= 15 is 0 Å². The maximum Gasteiger partial charge on any atom is 0.371 e. The lowest BCUT2D eigenvalue weighted by atomic mass is 9.96. The lowest BCUT2D eigenvalue weighted by Crippen LogP contribution is -2.05. The Morgan fingerprint density at radius 2 is 1.46 bits per heavy atom. The first-order chi connectivity index (χ1) is 13.6. The van der Waals surface area contributed by atoms with Crippen LogP contribution in [0, 0.1) is 0 Å². The lowest BCUT2D eigenvalue weighted by molar-refractivity contribution is -0.135. The fourth-order valence-electron chi connectivity index (χ4n) is 3.41. The zero-order valence-corrected chi connectivity index (χ0v) is 15.2. The highest BCUT2D eigenvalue weighted by atomic mass is 16.4. The highest BCUT2D eigenvalue weighted by Crippen LogP contribution is 2.27. The minimum absolute atomic E-state index is 0.377. The van der Waals surface area contributed by atoms with Gasteiger partial charge in [-0.3, -0.25) is 4.98 Å². The number of nitrogens with zero attached hydrogens (tertiary/aromatic N) is 1. The van der Waals surface area contributed by atoms with Gasteiger partial charge in [0.25, 0.3) is 0 Å². The minimum atomic E-state index is -1.32. The predicted octanol–water partition coefficient (Wildman–Crippen LogP) is 5.37. The summed E-state index contributed by atoms with van der Waals surface area (Å²) >= 11 is 0. The zero-order chi connectivity index (χ0) is 19.5. The van der Waals surface area contributed by atoms with Crippen molar-refractivity contribution in [2.45, 2.75) is 12.8 Å². The molecule has 4 heteroatoms. The average molecular weight is 369 g/mol. The molecule has 4 nitrogen and oxygen atoms in total. The summed E-state index contributed by atoms with van der Waals surface area (Å²) in [5, 5.41) is 22.7. The van der Waals surface area contributed by atoms with Gasteiger partial charge in [-0.2, -0.15) is 0 Å². The molecule has 0 bridgehead atoms. The number of allylic oxidation sites excluding steroid dienone is 1. The third-order valence-electron chi connectivity index (χ3n) is 4.87. The number of aliphatic hydroxyl groups is 1. The summed E-state index contributed by atoms with van der Waals surface area (Å²) in [4.78, 5) is 16.1. The van der Waals surface area contributed by atoms with Gasteiger partial charge >= 0.3 is 5.97 Å². The maximum atomic E-state index is 11.4. The number of hydrogen-bond acceptors (Lipinski definition) is 3. The smallest absolute Gasteiger partial charge is 0.371 e. The number of aliphatic carboxylic acids is 1. The second kappa shape index (κ2) is 7.53. The van der Waals surface area contributed by atoms with E-state index in [2.05, 4.69) is 4.98 Å². The van der Waals surface area contributed by atoms with E-state index in [0.717, 1.165) is 27.4 Å². The summed E-state index contributed by atoms with van der Waals surface area (Å²) in [6.45, 7) is 0. The van der Waals surface area contributed by atoms with Crippen LogP contribution in [0.4, 0.5) is 0 Å². The van der Waals surface area contributed by atoms with Crippen LogP contribution in [0.15, 0.2) is 84.6 Å². The van der Waals surface area contributed by atoms with Gasteiger partial charge in [-0.15, -0.1) is 0 Å². The van der Waals surface area contributed by atoms with Crippen molar-refractivity contribution in [3.8, 4) is 0 Å². The number of pyridine rings is 1. The SMILES string of the molecule is O=C(O)/C(O)=C(\CCc1ccc2ccccc2n1)c1ccc2ccccc2c1. The molecule has 4 aromatic rings. The second-order valence-electron chi connectivity index (χ2n) is 6.69. The van der Waals surface area contributed by atoms with E-state index in [1.807, 2.05) is 78.9 Å². The first kappa shape index (κ1) is 17.7. The van der Waals surface area contributed by atoms with Gasteiger partial charge < -0.3 is 10.2 Å². The number of rotatable bonds is 5. The fraction of sp³-hybridized carbons (Fsp3) is 0.0833. The molecule has 2 N–H and O–H groups in total. The first-order valence-corrected chi connectivity index (χ1v) is 9.11. The standard InChI is InChI=1S/C24H19NO3/c26-23(24(27)28)21(19-10-9-16-5-1-2-7-18(16)15-19)14-13-20-12-11-17-6-3-4-8-22(17)25-20/h1-12,15,26H,13-14H2,(H,27,28)/b23-21-. The third kappa shape index (κ3) is 3.58. The number of aromatic nitrogens is 1. The van der Waals surface area contributed by atoms with E-state index < -0.39 is 11.7 Å². The van der Waals surface area contributed by atoms with Gasteiger partial charge in [-0.1, -0.05) is 60.7 Å². The maximum absolute atomic E-state index is 11.4. The highest BCUT2D eigenvalue weighted by molar-refractivity contribution is 5.95. The molecular formula is C24H19NO3. The predicted molar refractivity (Wildman–Crippen MR) is 111 cm³/mol. The molecule has 0 atom stereocenters. The fourth-order valence-corrected chi connectivity index (χ4v) is 3.41. The van der Waals surface area contributed by atoms with Crippen LogP contribution >= 0.6 is 0 Å². The topological polar surface area (TPSA) is 70.4 Å². The van der Waals surface area contributed by atoms with Crippen LogP contribution in [0.1, 0.15) is 17.7 Å². The van der Waals surface area contributed by atoms with Gasteiger partial charge in [0.2, 0.25) is 5.76 Å². The lowest BCUT2D eigenvalue weighted by Gasteiger charge is -2.11. The number of fused-ring (bicyclic) bond motifs is 2. The number of aryl methyl sites for hydroxylation is 1. The molecule has 0 unspecified atom stereocenters. The van der Waals surface area contributed by atoms with Gasteiger partial charge in [0.15, 0.2) is 0 Å². The van der Waals surface area contributed by atoms with Crippen molar-refractivity contribution in [3.63, 3.8) is 0 Å². The molecule has 138 valence electrons. The van der Waals surface area contributed by atoms with Crippen LogP contribution in [-0.4, -0.2) is 21.2 Å². The Bertz CT molecular complexity index is 1210. The Morgan fingerprint density at radius 1 is 0.786 bits per heavy atom. The third-order valence-corrected chi connectivity index (χ3v) is 4.87. The summed E-state index contributed by atoms with van der Waals surface area (Å²) in [7, 11) is 0. The molecule has 3 aromatic carbocycles. The number of hydrogen-bond donors (Lipinski definition) is 2. The molecule has 28 heavy (non-hydrogen) atoms. The van der Waals surface area contributed by atoms with E-state index in [9.17, 15) is 15.0 Å². The van der Waals surface area contributed by atoms with E-state index in [1.54, 1.807) is 0 Å². The van der Waals surface area contributed by atoms with Gasteiger partial charge in [0.05, 0.1) is 5.52 Å². The Kier molecular flexibility index (Phi) is 4.77. The van der Waals surface area contributed by atoms with Gasteiger partial charge in [-0.05, 0) is 47.4 Å². The summed E-state index contributed by atoms with van der Waals surface area (Å²) in [6, 6.07) is 25.4. The number of para-hydroxylation sites is 1. The number of carbonyl (C=O) groups is 1. The van der Waals surface area contributed by atoms with Crippen LogP contribution in [0.5, 0.6) is 0 Å². The van der Waals surface area contributed by atoms with Crippen molar-refractivity contribution in [3.05, 3.63) is 95.9 Å². The van der Waals surface area contributed by atoms with E-state index in [0.29, 0.717) is 24.0 Å². The number of carboxylic acids is 1. The van der Waals surface area contributed by atoms with Crippen molar-refractivity contribution in [2.75, 3.05) is 0 Å². The van der Waals surface area contributed by atoms with Gasteiger partial charge in [-0.25, -0.2) is 4.79 Å². The van der Waals surface area contributed by atoms with Crippen molar-refractivity contribution in [1.29, 1.82) is 0 Å². The Balaban J connectivity index is 1.67. The second-order valence-corrected chi connectivity index (χ2v) is 6.69. The van der Waals surface area contributed by atoms with Crippen LogP contribution in [0.2, 0.25) is 0 Å². The Hall–Kier alpha value is -3.66. The number of benzene rings is 3. The molecule has 1 aromatic heterocycles. The zero-order valence-electron chi connectivity index (χ0n) is 15.2. The molecule has 0 aliphatic rings. The van der Waals surface area contributed by atoms with Crippen molar-refractivity contribution in [2.24, 2.45) is 0 Å². The largest absolute Gasteiger partial charge is 0.502 e. The summed E-state index contributed by atoms with van der Waals surface area (Å²) in [5.74, 6) is -1.94. The van der Waals surface area contributed by atoms with Crippen molar-refractivity contribution in [1.82, 2.24) is 4.98 Å². The van der Waals surface area contributed by atoms with Crippen LogP contribution in [0.25, 0.3) is 27.2 Å². The quantitative estimate of drug-likeness (QED) is 0.366. The van der Waals surface area contributed by atoms with Crippen molar-refractivity contribution >= 4 is 33.2 Å². The van der Waals surface area contributed by atoms with E-state index in [-0.39, 0.29) is 0 Å². The Morgan fingerprint density at radius 3 is 2.25 bits per heavy atom. The molecule has 0 amide bonds. The van der Waals surface area contributed by atoms with Crippen LogP contribution in [0.3, 0.4) is 0 Å². The van der Waals surface area contributed by atoms with Crippen molar-refractivity contribution < 1.29 is 15.0 Å². The van der Waals surface area contributed by atoms with Crippen LogP contribution in [-0.2, 0) is 11.2 Å². The summed E-state index contributed by atoms with van der Waals surface area (Å²) in [6.07, 6.45) is 0.909. The number of carboxylic acid groups (broad SMARTS) is 1. The van der Waals surface area contributed by atoms with Gasteiger partial charge in [0, 0.05) is 16.7 Å². The monoisotopic (exact) mass is 369 g/mol. The molecule has 0 aliphatic carbocycles. The Labute approximate surface area is 162 Å². The molecule has 0 radical (unpaired) electrons. The molecule has 0 aliphatic heterocycles. The van der Waals surface area contributed by atoms with E-state index in [1.165, 1.54) is 0 Å². The highest BCUT2D eigenvalue weighted by Gasteiger charge is 2.16. The first-order valence-electron chi connectivity index (χ1n) is 9.11. The molecule has 0 saturated carbocycles. The minimum Gasteiger partial charge on any atom is -0.502 e. The molecule has 0 fully saturated rings.